The molecule has 0 saturated carbocycles. The van der Waals surface area contributed by atoms with E-state index >= 15 is 0 Å². The minimum Gasteiger partial charge on any atom is -0.469 e. The van der Waals surface area contributed by atoms with Gasteiger partial charge in [-0.05, 0) is 59.5 Å². The van der Waals surface area contributed by atoms with E-state index in [0.29, 0.717) is 6.04 Å². The molecular formula is C18H21BrINO2. The van der Waals surface area contributed by atoms with E-state index in [1.807, 2.05) is 0 Å². The standard InChI is InChI=1S/C18H21BrINO2/c1-11(19)10-21-14-7-8-16(21)17(18(22)23-2)15(9-14)12-3-5-13(20)6-4-12/h3-6,14-17H,1,7-10H2,2H3/t14-,15?,16?,17+/m1/s1. The highest BCUT2D eigenvalue weighted by atomic mass is 127. The van der Waals surface area contributed by atoms with Crippen molar-refractivity contribution >= 4 is 44.5 Å². The fourth-order valence-corrected chi connectivity index (χ4v) is 4.92. The van der Waals surface area contributed by atoms with E-state index < -0.39 is 0 Å². The molecule has 124 valence electrons. The Morgan fingerprint density at radius 1 is 1.39 bits per heavy atom. The second-order valence-electron chi connectivity index (χ2n) is 6.43. The summed E-state index contributed by atoms with van der Waals surface area (Å²) in [7, 11) is 1.50. The van der Waals surface area contributed by atoms with Gasteiger partial charge in [-0.1, -0.05) is 34.6 Å². The lowest BCUT2D eigenvalue weighted by Crippen LogP contribution is -2.51. The third kappa shape index (κ3) is 3.51. The lowest BCUT2D eigenvalue weighted by Gasteiger charge is -2.43. The third-order valence-corrected chi connectivity index (χ3v) is 6.16. The van der Waals surface area contributed by atoms with E-state index in [1.165, 1.54) is 16.2 Å². The molecule has 3 nitrogen and oxygen atoms in total. The number of rotatable bonds is 4. The van der Waals surface area contributed by atoms with E-state index in [2.05, 4.69) is 74.3 Å². The summed E-state index contributed by atoms with van der Waals surface area (Å²) < 4.78 is 7.36. The second kappa shape index (κ2) is 7.23. The molecule has 23 heavy (non-hydrogen) atoms. The Bertz CT molecular complexity index is 604. The molecule has 0 aliphatic carbocycles. The summed E-state index contributed by atoms with van der Waals surface area (Å²) in [5.74, 6) is 0.0755. The highest BCUT2D eigenvalue weighted by Crippen LogP contribution is 2.47. The fourth-order valence-electron chi connectivity index (χ4n) is 4.27. The van der Waals surface area contributed by atoms with Crippen LogP contribution in [-0.4, -0.2) is 36.6 Å². The Morgan fingerprint density at radius 2 is 2.09 bits per heavy atom. The van der Waals surface area contributed by atoms with E-state index in [0.717, 1.165) is 30.3 Å². The van der Waals surface area contributed by atoms with Crippen molar-refractivity contribution in [1.82, 2.24) is 4.90 Å². The number of piperidine rings is 1. The number of halogens is 2. The molecule has 3 rings (SSSR count). The van der Waals surface area contributed by atoms with Gasteiger partial charge in [-0.2, -0.15) is 0 Å². The van der Waals surface area contributed by atoms with Crippen molar-refractivity contribution < 1.29 is 9.53 Å². The molecule has 2 aliphatic rings. The van der Waals surface area contributed by atoms with Gasteiger partial charge in [0.2, 0.25) is 0 Å². The van der Waals surface area contributed by atoms with Gasteiger partial charge >= 0.3 is 5.97 Å². The van der Waals surface area contributed by atoms with Gasteiger partial charge in [-0.25, -0.2) is 0 Å². The van der Waals surface area contributed by atoms with Crippen LogP contribution in [0.4, 0.5) is 0 Å². The summed E-state index contributed by atoms with van der Waals surface area (Å²) in [4.78, 5) is 15.0. The number of fused-ring (bicyclic) bond motifs is 2. The maximum absolute atomic E-state index is 12.6. The van der Waals surface area contributed by atoms with E-state index in [1.54, 1.807) is 0 Å². The molecule has 0 N–H and O–H groups in total. The molecule has 0 spiro atoms. The SMILES string of the molecule is C=C(Br)CN1C2CC[C@@H]1CC(c1ccc(I)cc1)[C@@H]2C(=O)OC. The predicted octanol–water partition coefficient (Wildman–Crippen LogP) is 4.31. The van der Waals surface area contributed by atoms with E-state index in [9.17, 15) is 4.79 Å². The van der Waals surface area contributed by atoms with Crippen LogP contribution in [0.1, 0.15) is 30.7 Å². The number of esters is 1. The zero-order valence-electron chi connectivity index (χ0n) is 13.2. The van der Waals surface area contributed by atoms with Crippen LogP contribution in [0.15, 0.2) is 35.3 Å². The first-order valence-corrected chi connectivity index (χ1v) is 9.80. The van der Waals surface area contributed by atoms with Crippen LogP contribution in [0, 0.1) is 9.49 Å². The molecular weight excluding hydrogens is 469 g/mol. The van der Waals surface area contributed by atoms with Crippen molar-refractivity contribution in [2.45, 2.75) is 37.3 Å². The van der Waals surface area contributed by atoms with E-state index in [-0.39, 0.29) is 23.8 Å². The Morgan fingerprint density at radius 3 is 2.70 bits per heavy atom. The molecule has 4 atom stereocenters. The van der Waals surface area contributed by atoms with Crippen molar-refractivity contribution in [3.8, 4) is 0 Å². The zero-order valence-corrected chi connectivity index (χ0v) is 16.9. The molecule has 2 bridgehead atoms. The maximum atomic E-state index is 12.6. The van der Waals surface area contributed by atoms with E-state index in [4.69, 9.17) is 4.74 Å². The van der Waals surface area contributed by atoms with Gasteiger partial charge in [0.25, 0.3) is 0 Å². The largest absolute Gasteiger partial charge is 0.469 e. The van der Waals surface area contributed by atoms with Gasteiger partial charge in [-0.15, -0.1) is 0 Å². The number of hydrogen-bond donors (Lipinski definition) is 0. The van der Waals surface area contributed by atoms with Gasteiger partial charge in [0.1, 0.15) is 0 Å². The molecule has 2 unspecified atom stereocenters. The Hall–Kier alpha value is -0.400. The Labute approximate surface area is 159 Å². The van der Waals surface area contributed by atoms with Crippen LogP contribution >= 0.6 is 38.5 Å². The summed E-state index contributed by atoms with van der Waals surface area (Å²) in [5.41, 5.74) is 1.26. The zero-order chi connectivity index (χ0) is 16.6. The number of nitrogens with zero attached hydrogens (tertiary/aromatic N) is 1. The molecule has 2 heterocycles. The van der Waals surface area contributed by atoms with Crippen molar-refractivity contribution in [2.75, 3.05) is 13.7 Å². The summed E-state index contributed by atoms with van der Waals surface area (Å²) in [5, 5.41) is 0. The molecule has 0 radical (unpaired) electrons. The molecule has 1 aromatic rings. The Kier molecular flexibility index (Phi) is 5.48. The first-order valence-electron chi connectivity index (χ1n) is 7.93. The van der Waals surface area contributed by atoms with Crippen LogP contribution < -0.4 is 0 Å². The van der Waals surface area contributed by atoms with Gasteiger partial charge in [0, 0.05) is 32.6 Å². The van der Waals surface area contributed by atoms with Crippen molar-refractivity contribution in [3.05, 3.63) is 44.5 Å². The number of benzene rings is 1. The number of carbonyl (C=O) groups is 1. The average molecular weight is 490 g/mol. The fraction of sp³-hybridized carbons (Fsp3) is 0.500. The van der Waals surface area contributed by atoms with Crippen molar-refractivity contribution in [3.63, 3.8) is 0 Å². The van der Waals surface area contributed by atoms with Crippen LogP contribution in [-0.2, 0) is 9.53 Å². The molecule has 2 saturated heterocycles. The molecule has 1 aromatic carbocycles. The van der Waals surface area contributed by atoms with Crippen molar-refractivity contribution in [2.24, 2.45) is 5.92 Å². The highest BCUT2D eigenvalue weighted by molar-refractivity contribution is 14.1. The number of carbonyl (C=O) groups excluding carboxylic acids is 1. The summed E-state index contributed by atoms with van der Waals surface area (Å²) in [6.07, 6.45) is 3.22. The Balaban J connectivity index is 1.93. The minimum absolute atomic E-state index is 0.0796. The average Bonchev–Trinajstić information content (AvgIpc) is 2.79. The monoisotopic (exact) mass is 489 g/mol. The minimum atomic E-state index is -0.0920. The highest BCUT2D eigenvalue weighted by Gasteiger charge is 2.50. The third-order valence-electron chi connectivity index (χ3n) is 5.19. The van der Waals surface area contributed by atoms with Gasteiger partial charge in [0.05, 0.1) is 13.0 Å². The van der Waals surface area contributed by atoms with Crippen LogP contribution in [0.3, 0.4) is 0 Å². The summed E-state index contributed by atoms with van der Waals surface area (Å²) in [6, 6.07) is 9.36. The van der Waals surface area contributed by atoms with Gasteiger partial charge < -0.3 is 4.74 Å². The van der Waals surface area contributed by atoms with Crippen LogP contribution in [0.5, 0.6) is 0 Å². The summed E-state index contributed by atoms with van der Waals surface area (Å²) in [6.45, 7) is 4.79. The van der Waals surface area contributed by atoms with Crippen molar-refractivity contribution in [1.29, 1.82) is 0 Å². The smallest absolute Gasteiger partial charge is 0.310 e. The molecule has 0 amide bonds. The summed E-state index contributed by atoms with van der Waals surface area (Å²) >= 11 is 5.80. The first-order chi connectivity index (χ1) is 11.0. The second-order valence-corrected chi connectivity index (χ2v) is 8.80. The topological polar surface area (TPSA) is 29.5 Å². The van der Waals surface area contributed by atoms with Crippen LogP contribution in [0.25, 0.3) is 0 Å². The molecule has 2 fully saturated rings. The number of methoxy groups -OCH3 is 1. The molecule has 2 aliphatic heterocycles. The van der Waals surface area contributed by atoms with Gasteiger partial charge in [-0.3, -0.25) is 9.69 Å². The lowest BCUT2D eigenvalue weighted by molar-refractivity contribution is -0.150. The first kappa shape index (κ1) is 17.4. The number of ether oxygens (including phenoxy) is 1. The van der Waals surface area contributed by atoms with Crippen LogP contribution in [0.2, 0.25) is 0 Å². The predicted molar refractivity (Wildman–Crippen MR) is 104 cm³/mol. The quantitative estimate of drug-likeness (QED) is 0.466. The molecule has 0 aromatic heterocycles. The lowest BCUT2D eigenvalue weighted by atomic mass is 9.76. The normalized spacial score (nSPS) is 30.2. The number of hydrogen-bond acceptors (Lipinski definition) is 3. The van der Waals surface area contributed by atoms with Gasteiger partial charge in [0.15, 0.2) is 0 Å². The maximum Gasteiger partial charge on any atom is 0.310 e. The molecule has 5 heteroatoms.